The van der Waals surface area contributed by atoms with Gasteiger partial charge in [0, 0.05) is 24.4 Å². The predicted octanol–water partition coefficient (Wildman–Crippen LogP) is 3.16. The number of nitrogen functional groups attached to an aromatic ring is 1. The molecule has 0 radical (unpaired) electrons. The second-order valence-corrected chi connectivity index (χ2v) is 10.7. The number of likely N-dealkylation sites (N-methyl/N-ethyl adjacent to an activating group) is 1. The van der Waals surface area contributed by atoms with Gasteiger partial charge in [0.05, 0.1) is 23.7 Å². The number of ether oxygens (including phenoxy) is 2. The van der Waals surface area contributed by atoms with Crippen LogP contribution in [0.4, 0.5) is 11.5 Å². The molecule has 2 aromatic carbocycles. The molecule has 0 saturated carbocycles. The number of nitrogens with two attached hydrogens (primary N) is 1. The van der Waals surface area contributed by atoms with Gasteiger partial charge in [0.1, 0.15) is 23.6 Å². The highest BCUT2D eigenvalue weighted by atomic mass is 32.2. The molecule has 0 spiro atoms. The van der Waals surface area contributed by atoms with E-state index < -0.39 is 10.0 Å². The van der Waals surface area contributed by atoms with E-state index in [1.165, 1.54) is 0 Å². The van der Waals surface area contributed by atoms with Crippen molar-refractivity contribution >= 4 is 32.6 Å². The maximum Gasteiger partial charge on any atom is 0.229 e. The van der Waals surface area contributed by atoms with Gasteiger partial charge in [-0.2, -0.15) is 0 Å². The highest BCUT2D eigenvalue weighted by Crippen LogP contribution is 2.33. The van der Waals surface area contributed by atoms with E-state index in [4.69, 9.17) is 19.8 Å². The second kappa shape index (κ2) is 10.6. The van der Waals surface area contributed by atoms with Crippen molar-refractivity contribution in [1.29, 1.82) is 0 Å². The van der Waals surface area contributed by atoms with E-state index in [9.17, 15) is 8.42 Å². The van der Waals surface area contributed by atoms with Crippen molar-refractivity contribution in [1.82, 2.24) is 29.7 Å². The summed E-state index contributed by atoms with van der Waals surface area (Å²) in [5.41, 5.74) is 8.61. The molecule has 3 N–H and O–H groups in total. The summed E-state index contributed by atoms with van der Waals surface area (Å²) in [6.07, 6.45) is 2.64. The molecule has 14 heteroatoms. The van der Waals surface area contributed by atoms with E-state index in [0.29, 0.717) is 34.9 Å². The van der Waals surface area contributed by atoms with E-state index in [-0.39, 0.29) is 17.4 Å². The minimum atomic E-state index is -3.44. The molecule has 3 aromatic heterocycles. The Hall–Kier alpha value is -4.69. The third-order valence-corrected chi connectivity index (χ3v) is 6.11. The van der Waals surface area contributed by atoms with Crippen LogP contribution in [0.1, 0.15) is 0 Å². The smallest absolute Gasteiger partial charge is 0.229 e. The van der Waals surface area contributed by atoms with Crippen LogP contribution in [0, 0.1) is 0 Å². The number of aromatic nitrogens is 5. The number of hydrogen-bond donors (Lipinski definition) is 2. The number of pyridine rings is 1. The molecule has 0 bridgehead atoms. The molecule has 39 heavy (non-hydrogen) atoms. The lowest BCUT2D eigenvalue weighted by atomic mass is 10.2. The first kappa shape index (κ1) is 25.9. The van der Waals surface area contributed by atoms with Crippen molar-refractivity contribution in [2.45, 2.75) is 0 Å². The van der Waals surface area contributed by atoms with Gasteiger partial charge < -0.3 is 20.1 Å². The molecule has 0 atom stereocenters. The van der Waals surface area contributed by atoms with Crippen LogP contribution >= 0.6 is 0 Å². The maximum absolute atomic E-state index is 11.6. The topological polar surface area (TPSA) is 164 Å². The van der Waals surface area contributed by atoms with Crippen molar-refractivity contribution in [2.24, 2.45) is 0 Å². The summed E-state index contributed by atoms with van der Waals surface area (Å²) in [4.78, 5) is 11.1. The Bertz CT molecular complexity index is 1710. The zero-order valence-corrected chi connectivity index (χ0v) is 22.2. The molecule has 5 rings (SSSR count). The van der Waals surface area contributed by atoms with Crippen LogP contribution in [-0.4, -0.2) is 71.7 Å². The Labute approximate surface area is 224 Å². The number of sulfonamides is 1. The number of nitrogens with one attached hydrogen (secondary N) is 1. The van der Waals surface area contributed by atoms with Crippen molar-refractivity contribution in [3.05, 3.63) is 60.8 Å². The van der Waals surface area contributed by atoms with Crippen molar-refractivity contribution < 1.29 is 22.5 Å². The van der Waals surface area contributed by atoms with Gasteiger partial charge in [0.25, 0.3) is 0 Å². The highest BCUT2D eigenvalue weighted by molar-refractivity contribution is 7.92. The average Bonchev–Trinajstić information content (AvgIpc) is 3.46. The summed E-state index contributed by atoms with van der Waals surface area (Å²) in [5.74, 6) is 1.88. The molecule has 5 aromatic rings. The molecule has 0 saturated heterocycles. The first-order valence-corrected chi connectivity index (χ1v) is 13.7. The maximum atomic E-state index is 11.6. The van der Waals surface area contributed by atoms with Gasteiger partial charge in [-0.15, -0.1) is 0 Å². The lowest BCUT2D eigenvalue weighted by Gasteiger charge is -2.12. The van der Waals surface area contributed by atoms with Crippen LogP contribution in [0.15, 0.2) is 65.4 Å². The lowest BCUT2D eigenvalue weighted by molar-refractivity contribution is 0.261. The van der Waals surface area contributed by atoms with Gasteiger partial charge in [-0.25, -0.2) is 23.0 Å². The quantitative estimate of drug-likeness (QED) is 0.262. The Morgan fingerprint density at radius 3 is 2.56 bits per heavy atom. The standard InChI is InChI=1S/C25H26N8O5S/c1-32(2)11-12-36-18-9-7-17(8-10-18)33-21-14-22(37-19-6-4-5-16(13-19)31-39(3,34)35)27-15-20(21)28-25(33)23-24(26)30-38-29-23/h4-10,13-15,31H,11-12H2,1-3H3,(H2,26,30). The van der Waals surface area contributed by atoms with Gasteiger partial charge in [-0.3, -0.25) is 9.29 Å². The molecule has 0 aliphatic rings. The van der Waals surface area contributed by atoms with Gasteiger partial charge in [0.2, 0.25) is 15.9 Å². The summed E-state index contributed by atoms with van der Waals surface area (Å²) in [7, 11) is 0.530. The molecule has 3 heterocycles. The number of fused-ring (bicyclic) bond motifs is 1. The van der Waals surface area contributed by atoms with Crippen LogP contribution in [0.3, 0.4) is 0 Å². The molecular formula is C25H26N8O5S. The summed E-state index contributed by atoms with van der Waals surface area (Å²) < 4.78 is 44.1. The lowest BCUT2D eigenvalue weighted by Crippen LogP contribution is -2.19. The summed E-state index contributed by atoms with van der Waals surface area (Å²) in [5, 5.41) is 7.63. The van der Waals surface area contributed by atoms with Crippen molar-refractivity contribution in [3.63, 3.8) is 0 Å². The van der Waals surface area contributed by atoms with Crippen LogP contribution in [0.25, 0.3) is 28.2 Å². The monoisotopic (exact) mass is 550 g/mol. The van der Waals surface area contributed by atoms with Crippen LogP contribution in [0.5, 0.6) is 17.4 Å². The summed E-state index contributed by atoms with van der Waals surface area (Å²) >= 11 is 0. The minimum absolute atomic E-state index is 0.0924. The van der Waals surface area contributed by atoms with Crippen molar-refractivity contribution in [3.8, 4) is 34.6 Å². The van der Waals surface area contributed by atoms with E-state index in [1.54, 1.807) is 36.5 Å². The zero-order valence-electron chi connectivity index (χ0n) is 21.4. The fourth-order valence-electron chi connectivity index (χ4n) is 3.78. The molecule has 0 aliphatic carbocycles. The van der Waals surface area contributed by atoms with E-state index in [0.717, 1.165) is 24.2 Å². The molecule has 0 fully saturated rings. The fraction of sp³-hybridized carbons (Fsp3) is 0.200. The number of imidazole rings is 1. The molecular weight excluding hydrogens is 524 g/mol. The normalized spacial score (nSPS) is 11.7. The number of nitrogens with zero attached hydrogens (tertiary/aromatic N) is 6. The number of anilines is 2. The molecule has 0 amide bonds. The average molecular weight is 551 g/mol. The largest absolute Gasteiger partial charge is 0.492 e. The Balaban J connectivity index is 1.52. The SMILES string of the molecule is CN(C)CCOc1ccc(-n2c(-c3nonc3N)nc3cnc(Oc4cccc(NS(C)(=O)=O)c4)cc32)cc1. The first-order chi connectivity index (χ1) is 18.7. The van der Waals surface area contributed by atoms with Gasteiger partial charge in [-0.1, -0.05) is 6.07 Å². The number of benzene rings is 2. The number of rotatable bonds is 10. The van der Waals surface area contributed by atoms with Crippen molar-refractivity contribution in [2.75, 3.05) is 44.0 Å². The van der Waals surface area contributed by atoms with Crippen LogP contribution < -0.4 is 19.9 Å². The van der Waals surface area contributed by atoms with Gasteiger partial charge >= 0.3 is 0 Å². The Morgan fingerprint density at radius 1 is 1.08 bits per heavy atom. The van der Waals surface area contributed by atoms with E-state index >= 15 is 0 Å². The Kier molecular flexibility index (Phi) is 7.04. The second-order valence-electron chi connectivity index (χ2n) is 8.93. The minimum Gasteiger partial charge on any atom is -0.492 e. The third kappa shape index (κ3) is 6.08. The van der Waals surface area contributed by atoms with Gasteiger partial charge in [-0.05, 0) is 60.8 Å². The Morgan fingerprint density at radius 2 is 1.87 bits per heavy atom. The molecule has 0 unspecified atom stereocenters. The first-order valence-electron chi connectivity index (χ1n) is 11.8. The van der Waals surface area contributed by atoms with Gasteiger partial charge in [0.15, 0.2) is 17.3 Å². The summed E-state index contributed by atoms with van der Waals surface area (Å²) in [6, 6.07) is 15.8. The van der Waals surface area contributed by atoms with Crippen LogP contribution in [0.2, 0.25) is 0 Å². The number of hydrogen-bond acceptors (Lipinski definition) is 11. The zero-order chi connectivity index (χ0) is 27.6. The molecule has 13 nitrogen and oxygen atoms in total. The van der Waals surface area contributed by atoms with E-state index in [2.05, 4.69) is 25.0 Å². The highest BCUT2D eigenvalue weighted by Gasteiger charge is 2.21. The fourth-order valence-corrected chi connectivity index (χ4v) is 4.34. The third-order valence-electron chi connectivity index (χ3n) is 5.50. The molecule has 0 aliphatic heterocycles. The predicted molar refractivity (Wildman–Crippen MR) is 146 cm³/mol. The van der Waals surface area contributed by atoms with E-state index in [1.807, 2.05) is 47.8 Å². The van der Waals surface area contributed by atoms with Crippen LogP contribution in [-0.2, 0) is 10.0 Å². The molecule has 202 valence electrons. The summed E-state index contributed by atoms with van der Waals surface area (Å²) in [6.45, 7) is 1.35.